The maximum Gasteiger partial charge on any atom is 0.316 e. The molecule has 4 heteroatoms. The van der Waals surface area contributed by atoms with Crippen LogP contribution in [0, 0.1) is 0 Å². The van der Waals surface area contributed by atoms with Crippen LogP contribution in [0.4, 0.5) is 0 Å². The van der Waals surface area contributed by atoms with Crippen molar-refractivity contribution < 1.29 is 15.0 Å². The van der Waals surface area contributed by atoms with E-state index in [0.29, 0.717) is 6.42 Å². The zero-order valence-electron chi connectivity index (χ0n) is 8.19. The number of carboxylic acids is 1. The topological polar surface area (TPSA) is 57.5 Å². The van der Waals surface area contributed by atoms with Gasteiger partial charge in [-0.05, 0) is 6.42 Å². The molecule has 2 N–H and O–H groups in total. The molecule has 0 fully saturated rings. The highest BCUT2D eigenvalue weighted by atomic mass is 32.2. The van der Waals surface area contributed by atoms with Crippen molar-refractivity contribution in [1.82, 2.24) is 0 Å². The maximum atomic E-state index is 10.8. The lowest BCUT2D eigenvalue weighted by Crippen LogP contribution is -2.20. The lowest BCUT2D eigenvalue weighted by Gasteiger charge is -2.14. The summed E-state index contributed by atoms with van der Waals surface area (Å²) >= 11 is 1.34. The van der Waals surface area contributed by atoms with E-state index in [1.807, 2.05) is 13.8 Å². The molecule has 2 atom stereocenters. The number of unbranched alkanes of at least 4 members (excludes halogenated alkanes) is 1. The normalized spacial score (nSPS) is 15.3. The fraction of sp³-hybridized carbons (Fsp3) is 0.889. The average molecular weight is 206 g/mol. The molecule has 0 heterocycles. The van der Waals surface area contributed by atoms with Crippen molar-refractivity contribution in [2.75, 3.05) is 6.61 Å². The van der Waals surface area contributed by atoms with Crippen molar-refractivity contribution in [3.05, 3.63) is 0 Å². The van der Waals surface area contributed by atoms with Gasteiger partial charge in [0.1, 0.15) is 5.25 Å². The van der Waals surface area contributed by atoms with Gasteiger partial charge in [-0.2, -0.15) is 0 Å². The van der Waals surface area contributed by atoms with Gasteiger partial charge in [-0.3, -0.25) is 4.79 Å². The predicted octanol–water partition coefficient (Wildman–Crippen LogP) is 1.74. The molecule has 0 rings (SSSR count). The van der Waals surface area contributed by atoms with Crippen LogP contribution in [0.15, 0.2) is 0 Å². The Kier molecular flexibility index (Phi) is 7.09. The summed E-state index contributed by atoms with van der Waals surface area (Å²) in [5.74, 6) is -0.765. The number of thioether (sulfide) groups is 1. The third-order valence-electron chi connectivity index (χ3n) is 1.75. The van der Waals surface area contributed by atoms with Gasteiger partial charge in [-0.1, -0.05) is 26.7 Å². The smallest absolute Gasteiger partial charge is 0.316 e. The second kappa shape index (κ2) is 7.21. The Balaban J connectivity index is 3.87. The fourth-order valence-corrected chi connectivity index (χ4v) is 2.03. The minimum atomic E-state index is -0.765. The Morgan fingerprint density at radius 3 is 2.54 bits per heavy atom. The van der Waals surface area contributed by atoms with Crippen LogP contribution in [0.5, 0.6) is 0 Å². The summed E-state index contributed by atoms with van der Waals surface area (Å²) in [5, 5.41) is 17.3. The van der Waals surface area contributed by atoms with Crippen LogP contribution < -0.4 is 0 Å². The summed E-state index contributed by atoms with van der Waals surface area (Å²) in [6.45, 7) is 3.92. The van der Waals surface area contributed by atoms with Crippen LogP contribution in [0.1, 0.15) is 33.1 Å². The molecule has 0 radical (unpaired) electrons. The standard InChI is InChI=1S/C9H18O3S/c1-3-4-5-8(9(11)12)13-7(2)6-10/h7-8,10H,3-6H2,1-2H3,(H,11,12). The first-order chi connectivity index (χ1) is 6.11. The summed E-state index contributed by atoms with van der Waals surface area (Å²) in [5.41, 5.74) is 0. The maximum absolute atomic E-state index is 10.8. The van der Waals surface area contributed by atoms with E-state index in [1.165, 1.54) is 11.8 Å². The summed E-state index contributed by atoms with van der Waals surface area (Å²) in [4.78, 5) is 10.8. The van der Waals surface area contributed by atoms with Gasteiger partial charge in [0.05, 0.1) is 6.61 Å². The second-order valence-corrected chi connectivity index (χ2v) is 4.74. The molecule has 0 aromatic rings. The molecule has 0 aromatic carbocycles. The van der Waals surface area contributed by atoms with Crippen molar-refractivity contribution in [2.45, 2.75) is 43.6 Å². The number of rotatable bonds is 7. The monoisotopic (exact) mass is 206 g/mol. The Hall–Kier alpha value is -0.220. The molecule has 0 saturated heterocycles. The van der Waals surface area contributed by atoms with Crippen LogP contribution in [0.25, 0.3) is 0 Å². The zero-order chi connectivity index (χ0) is 10.3. The van der Waals surface area contributed by atoms with Gasteiger partial charge in [-0.25, -0.2) is 0 Å². The van der Waals surface area contributed by atoms with Crippen molar-refractivity contribution in [3.8, 4) is 0 Å². The van der Waals surface area contributed by atoms with E-state index >= 15 is 0 Å². The number of carbonyl (C=O) groups is 1. The highest BCUT2D eigenvalue weighted by Gasteiger charge is 2.19. The highest BCUT2D eigenvalue weighted by molar-refractivity contribution is 8.01. The van der Waals surface area contributed by atoms with Gasteiger partial charge in [0.15, 0.2) is 0 Å². The summed E-state index contributed by atoms with van der Waals surface area (Å²) in [6, 6.07) is 0. The first kappa shape index (κ1) is 12.8. The van der Waals surface area contributed by atoms with E-state index in [2.05, 4.69) is 0 Å². The van der Waals surface area contributed by atoms with Gasteiger partial charge < -0.3 is 10.2 Å². The lowest BCUT2D eigenvalue weighted by atomic mass is 10.2. The molecule has 0 saturated carbocycles. The molecule has 0 aliphatic carbocycles. The van der Waals surface area contributed by atoms with E-state index < -0.39 is 5.97 Å². The molecule has 0 spiro atoms. The first-order valence-electron chi connectivity index (χ1n) is 4.60. The number of aliphatic carboxylic acids is 1. The van der Waals surface area contributed by atoms with Crippen LogP contribution >= 0.6 is 11.8 Å². The highest BCUT2D eigenvalue weighted by Crippen LogP contribution is 2.22. The number of aliphatic hydroxyl groups is 1. The average Bonchev–Trinajstić information content (AvgIpc) is 2.11. The SMILES string of the molecule is CCCCC(SC(C)CO)C(=O)O. The van der Waals surface area contributed by atoms with Gasteiger partial charge in [0.25, 0.3) is 0 Å². The third kappa shape index (κ3) is 5.93. The summed E-state index contributed by atoms with van der Waals surface area (Å²) < 4.78 is 0. The van der Waals surface area contributed by atoms with Gasteiger partial charge in [0.2, 0.25) is 0 Å². The van der Waals surface area contributed by atoms with Gasteiger partial charge in [0, 0.05) is 5.25 Å². The molecule has 2 unspecified atom stereocenters. The molecule has 78 valence electrons. The zero-order valence-corrected chi connectivity index (χ0v) is 9.01. The van der Waals surface area contributed by atoms with Crippen LogP contribution in [-0.4, -0.2) is 33.3 Å². The van der Waals surface area contributed by atoms with Crippen LogP contribution in [-0.2, 0) is 4.79 Å². The third-order valence-corrected chi connectivity index (χ3v) is 3.13. The lowest BCUT2D eigenvalue weighted by molar-refractivity contribution is -0.136. The number of carboxylic acid groups (broad SMARTS) is 1. The molecule has 0 amide bonds. The van der Waals surface area contributed by atoms with E-state index in [9.17, 15) is 4.79 Å². The summed E-state index contributed by atoms with van der Waals surface area (Å²) in [6.07, 6.45) is 2.64. The molecule has 0 bridgehead atoms. The largest absolute Gasteiger partial charge is 0.480 e. The fourth-order valence-electron chi connectivity index (χ4n) is 0.963. The molecule has 0 aliphatic heterocycles. The number of aliphatic hydroxyl groups excluding tert-OH is 1. The van der Waals surface area contributed by atoms with E-state index in [1.54, 1.807) is 0 Å². The Morgan fingerprint density at radius 1 is 1.54 bits per heavy atom. The second-order valence-electron chi connectivity index (χ2n) is 3.10. The first-order valence-corrected chi connectivity index (χ1v) is 5.55. The van der Waals surface area contributed by atoms with Crippen molar-refractivity contribution in [2.24, 2.45) is 0 Å². The number of hydrogen-bond acceptors (Lipinski definition) is 3. The van der Waals surface area contributed by atoms with Gasteiger partial charge >= 0.3 is 5.97 Å². The Labute approximate surface area is 83.5 Å². The minimum absolute atomic E-state index is 0.0120. The van der Waals surface area contributed by atoms with Gasteiger partial charge in [-0.15, -0.1) is 11.8 Å². The van der Waals surface area contributed by atoms with Crippen molar-refractivity contribution in [1.29, 1.82) is 0 Å². The molecule has 0 aromatic heterocycles. The Bertz CT molecular complexity index is 150. The summed E-state index contributed by atoms with van der Waals surface area (Å²) in [7, 11) is 0. The predicted molar refractivity (Wildman–Crippen MR) is 55.1 cm³/mol. The number of hydrogen-bond donors (Lipinski definition) is 2. The van der Waals surface area contributed by atoms with E-state index in [0.717, 1.165) is 12.8 Å². The Morgan fingerprint density at radius 2 is 2.15 bits per heavy atom. The van der Waals surface area contributed by atoms with Crippen molar-refractivity contribution >= 4 is 17.7 Å². The van der Waals surface area contributed by atoms with Crippen molar-refractivity contribution in [3.63, 3.8) is 0 Å². The van der Waals surface area contributed by atoms with Crippen LogP contribution in [0.3, 0.4) is 0 Å². The molecule has 13 heavy (non-hydrogen) atoms. The van der Waals surface area contributed by atoms with E-state index in [4.69, 9.17) is 10.2 Å². The van der Waals surface area contributed by atoms with E-state index in [-0.39, 0.29) is 17.1 Å². The molecular weight excluding hydrogens is 188 g/mol. The molecule has 0 aliphatic rings. The molecule has 3 nitrogen and oxygen atoms in total. The quantitative estimate of drug-likeness (QED) is 0.666. The van der Waals surface area contributed by atoms with Crippen LogP contribution in [0.2, 0.25) is 0 Å². The minimum Gasteiger partial charge on any atom is -0.480 e. The molecular formula is C9H18O3S.